The van der Waals surface area contributed by atoms with Gasteiger partial charge >= 0.3 is 6.09 Å². The second-order valence-corrected chi connectivity index (χ2v) is 14.3. The van der Waals surface area contributed by atoms with Crippen molar-refractivity contribution in [3.63, 3.8) is 0 Å². The number of nitrogens with zero attached hydrogens (tertiary/aromatic N) is 8. The Labute approximate surface area is 278 Å². The van der Waals surface area contributed by atoms with Crippen LogP contribution in [0.5, 0.6) is 0 Å². The fraction of sp³-hybridized carbons (Fsp3) is 0.600. The Hall–Kier alpha value is -3.90. The highest BCUT2D eigenvalue weighted by molar-refractivity contribution is 5.98. The van der Waals surface area contributed by atoms with E-state index in [9.17, 15) is 9.59 Å². The van der Waals surface area contributed by atoms with Crippen LogP contribution in [0.2, 0.25) is 0 Å². The third kappa shape index (κ3) is 7.98. The van der Waals surface area contributed by atoms with E-state index < -0.39 is 5.60 Å². The van der Waals surface area contributed by atoms with Crippen molar-refractivity contribution in [1.82, 2.24) is 34.1 Å². The van der Waals surface area contributed by atoms with E-state index in [0.29, 0.717) is 11.6 Å². The molecule has 2 aromatic heterocycles. The topological polar surface area (TPSA) is 102 Å². The Morgan fingerprint density at radius 3 is 2.13 bits per heavy atom. The summed E-state index contributed by atoms with van der Waals surface area (Å²) >= 11 is 0. The molecule has 1 aromatic carbocycles. The Kier molecular flexibility index (Phi) is 9.88. The van der Waals surface area contributed by atoms with Crippen molar-refractivity contribution in [3.8, 4) is 0 Å². The number of carbonyl (C=O) groups is 2. The first-order chi connectivity index (χ1) is 22.5. The molecule has 0 atom stereocenters. The van der Waals surface area contributed by atoms with Gasteiger partial charge in [-0.05, 0) is 63.9 Å². The molecule has 3 aromatic rings. The number of benzene rings is 1. The summed E-state index contributed by atoms with van der Waals surface area (Å²) in [5.74, 6) is 0.530. The van der Waals surface area contributed by atoms with Crippen molar-refractivity contribution in [3.05, 3.63) is 42.2 Å². The first kappa shape index (κ1) is 33.0. The summed E-state index contributed by atoms with van der Waals surface area (Å²) in [5, 5.41) is 4.28. The number of carbonyl (C=O) groups excluding carboxylic acids is 2. The van der Waals surface area contributed by atoms with E-state index in [1.807, 2.05) is 37.9 Å². The van der Waals surface area contributed by atoms with Crippen molar-refractivity contribution in [2.45, 2.75) is 58.1 Å². The van der Waals surface area contributed by atoms with Crippen LogP contribution in [0.3, 0.4) is 0 Å². The van der Waals surface area contributed by atoms with Crippen LogP contribution >= 0.6 is 0 Å². The minimum Gasteiger partial charge on any atom is -0.444 e. The summed E-state index contributed by atoms with van der Waals surface area (Å²) in [7, 11) is 3.59. The van der Waals surface area contributed by atoms with Gasteiger partial charge in [0.2, 0.25) is 5.95 Å². The van der Waals surface area contributed by atoms with Gasteiger partial charge < -0.3 is 29.3 Å². The van der Waals surface area contributed by atoms with Gasteiger partial charge in [-0.1, -0.05) is 12.8 Å². The molecule has 12 heteroatoms. The normalized spacial score (nSPS) is 18.6. The van der Waals surface area contributed by atoms with Crippen molar-refractivity contribution in [2.24, 2.45) is 0 Å². The molecule has 6 rings (SSSR count). The number of hydrogen-bond donors (Lipinski definition) is 1. The minimum atomic E-state index is -0.456. The molecule has 0 bridgehead atoms. The summed E-state index contributed by atoms with van der Waals surface area (Å²) in [6, 6.07) is 10.7. The standard InChI is InChI=1S/C35H51N9O3/c1-35(2,3)47-34(46)43-22-18-41(19-23-43)15-14-40-16-20-42(21-17-40)28-12-10-27(11-13-28)37-33-36-25-26-24-30(32(45)39(4)5)44(31(26)38-33)29-8-6-7-9-29/h10-13,24-25,29H,6-9,14-23H2,1-5H3,(H,36,37,38). The molecule has 254 valence electrons. The quantitative estimate of drug-likeness (QED) is 0.375. The van der Waals surface area contributed by atoms with E-state index in [4.69, 9.17) is 9.72 Å². The number of hydrogen-bond acceptors (Lipinski definition) is 9. The second kappa shape index (κ2) is 14.1. The fourth-order valence-electron chi connectivity index (χ4n) is 6.87. The SMILES string of the molecule is CN(C)C(=O)c1cc2cnc(Nc3ccc(N4CCN(CCN5CCN(C(=O)OC(C)(C)C)CC5)CC4)cc3)nc2n1C1CCCC1. The zero-order valence-corrected chi connectivity index (χ0v) is 28.7. The number of anilines is 3. The first-order valence-electron chi connectivity index (χ1n) is 17.2. The molecule has 3 fully saturated rings. The van der Waals surface area contributed by atoms with Crippen molar-refractivity contribution in [1.29, 1.82) is 0 Å². The lowest BCUT2D eigenvalue weighted by Crippen LogP contribution is -2.53. The van der Waals surface area contributed by atoms with Crippen LogP contribution in [0.25, 0.3) is 11.0 Å². The predicted octanol–water partition coefficient (Wildman–Crippen LogP) is 4.67. The highest BCUT2D eigenvalue weighted by atomic mass is 16.6. The van der Waals surface area contributed by atoms with E-state index in [2.05, 4.69) is 53.8 Å². The maximum Gasteiger partial charge on any atom is 0.410 e. The van der Waals surface area contributed by atoms with Crippen LogP contribution in [0.15, 0.2) is 36.5 Å². The molecule has 2 saturated heterocycles. The highest BCUT2D eigenvalue weighted by Crippen LogP contribution is 2.35. The van der Waals surface area contributed by atoms with Crippen LogP contribution in [-0.2, 0) is 4.74 Å². The maximum atomic E-state index is 13.0. The van der Waals surface area contributed by atoms with Gasteiger partial charge in [-0.15, -0.1) is 0 Å². The minimum absolute atomic E-state index is 0.00368. The molecule has 4 heterocycles. The number of nitrogens with one attached hydrogen (secondary N) is 1. The monoisotopic (exact) mass is 645 g/mol. The van der Waals surface area contributed by atoms with E-state index in [0.717, 1.165) is 95.0 Å². The number of piperazine rings is 2. The number of ether oxygens (including phenoxy) is 1. The molecule has 12 nitrogen and oxygen atoms in total. The van der Waals surface area contributed by atoms with Gasteiger partial charge in [-0.25, -0.2) is 9.78 Å². The van der Waals surface area contributed by atoms with Crippen molar-refractivity contribution >= 4 is 40.4 Å². The zero-order valence-electron chi connectivity index (χ0n) is 28.7. The lowest BCUT2D eigenvalue weighted by Gasteiger charge is -2.39. The number of fused-ring (bicyclic) bond motifs is 1. The van der Waals surface area contributed by atoms with Gasteiger partial charge in [-0.2, -0.15) is 4.98 Å². The number of rotatable bonds is 8. The van der Waals surface area contributed by atoms with E-state index in [-0.39, 0.29) is 18.0 Å². The molecule has 2 amide bonds. The molecular formula is C35H51N9O3. The van der Waals surface area contributed by atoms with Gasteiger partial charge in [0.25, 0.3) is 5.91 Å². The molecule has 0 unspecified atom stereocenters. The first-order valence-corrected chi connectivity index (χ1v) is 17.2. The van der Waals surface area contributed by atoms with Crippen LogP contribution in [-0.4, -0.2) is 131 Å². The molecular weight excluding hydrogens is 594 g/mol. The van der Waals surface area contributed by atoms with Gasteiger partial charge in [-0.3, -0.25) is 14.6 Å². The average molecular weight is 646 g/mol. The molecule has 1 aliphatic carbocycles. The zero-order chi connectivity index (χ0) is 33.1. The lowest BCUT2D eigenvalue weighted by atomic mass is 10.2. The third-order valence-electron chi connectivity index (χ3n) is 9.51. The van der Waals surface area contributed by atoms with Crippen molar-refractivity contribution in [2.75, 3.05) is 89.8 Å². The Morgan fingerprint density at radius 2 is 1.53 bits per heavy atom. The molecule has 3 aliphatic rings. The number of amides is 2. The molecule has 0 spiro atoms. The maximum absolute atomic E-state index is 13.0. The summed E-state index contributed by atoms with van der Waals surface area (Å²) in [5.41, 5.74) is 3.19. The third-order valence-corrected chi connectivity index (χ3v) is 9.51. The van der Waals surface area contributed by atoms with Crippen molar-refractivity contribution < 1.29 is 14.3 Å². The Morgan fingerprint density at radius 1 is 0.915 bits per heavy atom. The largest absolute Gasteiger partial charge is 0.444 e. The Balaban J connectivity index is 0.994. The van der Waals surface area contributed by atoms with Crippen LogP contribution in [0.4, 0.5) is 22.1 Å². The Bertz CT molecular complexity index is 1530. The number of aromatic nitrogens is 3. The van der Waals surface area contributed by atoms with E-state index >= 15 is 0 Å². The summed E-state index contributed by atoms with van der Waals surface area (Å²) in [4.78, 5) is 45.8. The van der Waals surface area contributed by atoms with Gasteiger partial charge in [0, 0.05) is 109 Å². The molecule has 47 heavy (non-hydrogen) atoms. The predicted molar refractivity (Wildman–Crippen MR) is 186 cm³/mol. The van der Waals surface area contributed by atoms with Crippen LogP contribution < -0.4 is 10.2 Å². The lowest BCUT2D eigenvalue weighted by molar-refractivity contribution is 0.0138. The van der Waals surface area contributed by atoms with Crippen LogP contribution in [0.1, 0.15) is 63.0 Å². The smallest absolute Gasteiger partial charge is 0.410 e. The fourth-order valence-corrected chi connectivity index (χ4v) is 6.87. The molecule has 1 saturated carbocycles. The van der Waals surface area contributed by atoms with Gasteiger partial charge in [0.15, 0.2) is 0 Å². The van der Waals surface area contributed by atoms with Crippen LogP contribution in [0, 0.1) is 0 Å². The average Bonchev–Trinajstić information content (AvgIpc) is 3.71. The van der Waals surface area contributed by atoms with E-state index in [1.165, 1.54) is 18.5 Å². The molecule has 0 radical (unpaired) electrons. The summed E-state index contributed by atoms with van der Waals surface area (Å²) in [6.45, 7) is 15.1. The molecule has 1 N–H and O–H groups in total. The van der Waals surface area contributed by atoms with E-state index in [1.54, 1.807) is 19.0 Å². The van der Waals surface area contributed by atoms with Gasteiger partial charge in [0.1, 0.15) is 16.9 Å². The summed E-state index contributed by atoms with van der Waals surface area (Å²) in [6.07, 6.45) is 6.09. The van der Waals surface area contributed by atoms with Gasteiger partial charge in [0.05, 0.1) is 0 Å². The summed E-state index contributed by atoms with van der Waals surface area (Å²) < 4.78 is 7.68. The second-order valence-electron chi connectivity index (χ2n) is 14.3. The highest BCUT2D eigenvalue weighted by Gasteiger charge is 2.28. The molecule has 2 aliphatic heterocycles.